The third-order valence-corrected chi connectivity index (χ3v) is 5.15. The standard InChI is InChI=1S/C18H35NO5S/c1-5-7-11-19(12-8-6-2,14-10-16-25(21,22)23)13-9-15-24-18(20)17(3)4/h3,5-16H2,1-2,4H3. The molecule has 0 aliphatic carbocycles. The van der Waals surface area contributed by atoms with Gasteiger partial charge in [0, 0.05) is 24.2 Å². The largest absolute Gasteiger partial charge is 0.748 e. The number of rotatable bonds is 15. The van der Waals surface area contributed by atoms with Gasteiger partial charge in [-0.1, -0.05) is 33.3 Å². The molecule has 7 heteroatoms. The highest BCUT2D eigenvalue weighted by Gasteiger charge is 2.26. The number of hydrogen-bond donors (Lipinski definition) is 0. The number of nitrogens with zero attached hydrogens (tertiary/aromatic N) is 1. The number of carbonyl (C=O) groups is 1. The summed E-state index contributed by atoms with van der Waals surface area (Å²) in [6.45, 7) is 13.2. The Bertz CT molecular complexity index is 494. The van der Waals surface area contributed by atoms with Crippen LogP contribution in [0.1, 0.15) is 59.3 Å². The van der Waals surface area contributed by atoms with Crippen molar-refractivity contribution in [2.45, 2.75) is 59.3 Å². The van der Waals surface area contributed by atoms with Crippen LogP contribution in [0.3, 0.4) is 0 Å². The summed E-state index contributed by atoms with van der Waals surface area (Å²) in [7, 11) is -4.17. The molecule has 0 bridgehead atoms. The van der Waals surface area contributed by atoms with Crippen molar-refractivity contribution in [3.8, 4) is 0 Å². The van der Waals surface area contributed by atoms with Crippen molar-refractivity contribution in [1.29, 1.82) is 0 Å². The van der Waals surface area contributed by atoms with Crippen LogP contribution in [0.5, 0.6) is 0 Å². The first kappa shape index (κ1) is 24.1. The van der Waals surface area contributed by atoms with Crippen molar-refractivity contribution in [3.05, 3.63) is 12.2 Å². The second-order valence-corrected chi connectivity index (χ2v) is 8.35. The van der Waals surface area contributed by atoms with Crippen molar-refractivity contribution in [1.82, 2.24) is 0 Å². The van der Waals surface area contributed by atoms with E-state index in [1.54, 1.807) is 6.92 Å². The molecule has 0 aliphatic heterocycles. The van der Waals surface area contributed by atoms with Gasteiger partial charge in [0.1, 0.15) is 0 Å². The topological polar surface area (TPSA) is 83.5 Å². The molecular weight excluding hydrogens is 342 g/mol. The molecule has 0 unspecified atom stereocenters. The van der Waals surface area contributed by atoms with E-state index in [1.165, 1.54) is 0 Å². The zero-order valence-corrected chi connectivity index (χ0v) is 16.9. The molecule has 0 aromatic carbocycles. The van der Waals surface area contributed by atoms with Gasteiger partial charge in [0.15, 0.2) is 0 Å². The third kappa shape index (κ3) is 12.1. The lowest BCUT2D eigenvalue weighted by Gasteiger charge is -2.39. The first-order valence-corrected chi connectivity index (χ1v) is 10.8. The first-order valence-electron chi connectivity index (χ1n) is 9.27. The minimum atomic E-state index is -4.17. The molecule has 0 heterocycles. The fourth-order valence-corrected chi connectivity index (χ4v) is 3.41. The highest BCUT2D eigenvalue weighted by molar-refractivity contribution is 7.85. The van der Waals surface area contributed by atoms with E-state index in [1.807, 2.05) is 0 Å². The van der Waals surface area contributed by atoms with Gasteiger partial charge in [-0.05, 0) is 19.8 Å². The number of esters is 1. The summed E-state index contributed by atoms with van der Waals surface area (Å²) in [5, 5.41) is 0. The third-order valence-electron chi connectivity index (χ3n) is 4.36. The Morgan fingerprint density at radius 2 is 1.48 bits per heavy atom. The van der Waals surface area contributed by atoms with Gasteiger partial charge in [-0.3, -0.25) is 0 Å². The summed E-state index contributed by atoms with van der Waals surface area (Å²) in [6, 6.07) is 0. The van der Waals surface area contributed by atoms with Crippen molar-refractivity contribution in [2.75, 3.05) is 38.5 Å². The molecule has 148 valence electrons. The Morgan fingerprint density at radius 1 is 1.00 bits per heavy atom. The lowest BCUT2D eigenvalue weighted by molar-refractivity contribution is -0.928. The Morgan fingerprint density at radius 3 is 1.92 bits per heavy atom. The monoisotopic (exact) mass is 377 g/mol. The zero-order chi connectivity index (χ0) is 19.3. The second-order valence-electron chi connectivity index (χ2n) is 6.83. The predicted octanol–water partition coefficient (Wildman–Crippen LogP) is 2.85. The predicted molar refractivity (Wildman–Crippen MR) is 99.1 cm³/mol. The zero-order valence-electron chi connectivity index (χ0n) is 16.1. The first-order chi connectivity index (χ1) is 11.7. The molecule has 0 N–H and O–H groups in total. The van der Waals surface area contributed by atoms with Gasteiger partial charge in [-0.25, -0.2) is 13.2 Å². The van der Waals surface area contributed by atoms with Gasteiger partial charge in [0.25, 0.3) is 0 Å². The summed E-state index contributed by atoms with van der Waals surface area (Å²) in [4.78, 5) is 11.5. The van der Waals surface area contributed by atoms with Crippen LogP contribution in [0.15, 0.2) is 12.2 Å². The molecule has 0 rings (SSSR count). The molecule has 0 aromatic rings. The minimum Gasteiger partial charge on any atom is -0.748 e. The average molecular weight is 378 g/mol. The molecule has 6 nitrogen and oxygen atoms in total. The molecule has 0 aromatic heterocycles. The normalized spacial score (nSPS) is 12.2. The summed E-state index contributed by atoms with van der Waals surface area (Å²) in [5.41, 5.74) is 0.387. The summed E-state index contributed by atoms with van der Waals surface area (Å²) in [5.74, 6) is -0.687. The van der Waals surface area contributed by atoms with Crippen molar-refractivity contribution >= 4 is 16.1 Å². The van der Waals surface area contributed by atoms with Crippen LogP contribution in [-0.4, -0.2) is 62.0 Å². The van der Waals surface area contributed by atoms with E-state index in [2.05, 4.69) is 20.4 Å². The molecule has 0 aliphatic rings. The maximum atomic E-state index is 11.5. The van der Waals surface area contributed by atoms with Crippen molar-refractivity contribution in [3.63, 3.8) is 0 Å². The summed E-state index contributed by atoms with van der Waals surface area (Å²) >= 11 is 0. The fraction of sp³-hybridized carbons (Fsp3) is 0.833. The van der Waals surface area contributed by atoms with E-state index in [9.17, 15) is 17.8 Å². The number of quaternary nitrogens is 1. The van der Waals surface area contributed by atoms with E-state index in [4.69, 9.17) is 4.74 Å². The van der Waals surface area contributed by atoms with Crippen LogP contribution in [0.4, 0.5) is 0 Å². The lowest BCUT2D eigenvalue weighted by Crippen LogP contribution is -2.51. The van der Waals surface area contributed by atoms with Crippen molar-refractivity contribution in [2.24, 2.45) is 0 Å². The molecule has 0 saturated heterocycles. The Hall–Kier alpha value is -0.920. The van der Waals surface area contributed by atoms with Crippen LogP contribution in [0.2, 0.25) is 0 Å². The molecule has 0 radical (unpaired) electrons. The van der Waals surface area contributed by atoms with Crippen LogP contribution in [-0.2, 0) is 19.6 Å². The number of hydrogen-bond acceptors (Lipinski definition) is 5. The Balaban J connectivity index is 4.78. The molecule has 25 heavy (non-hydrogen) atoms. The Labute approximate surface area is 153 Å². The van der Waals surface area contributed by atoms with Crippen LogP contribution < -0.4 is 0 Å². The molecule has 0 amide bonds. The average Bonchev–Trinajstić information content (AvgIpc) is 2.53. The van der Waals surface area contributed by atoms with E-state index < -0.39 is 10.1 Å². The minimum absolute atomic E-state index is 0.310. The molecule has 0 saturated carbocycles. The maximum absolute atomic E-state index is 11.5. The van der Waals surface area contributed by atoms with E-state index in [-0.39, 0.29) is 11.7 Å². The SMILES string of the molecule is C=C(C)C(=O)OCCC[N+](CCCC)(CCCC)CCCS(=O)(=O)[O-]. The van der Waals surface area contributed by atoms with Crippen molar-refractivity contribution < 1.29 is 27.0 Å². The van der Waals surface area contributed by atoms with Gasteiger partial charge in [0.05, 0.1) is 42.9 Å². The van der Waals surface area contributed by atoms with Gasteiger partial charge >= 0.3 is 5.97 Å². The summed E-state index contributed by atoms with van der Waals surface area (Å²) in [6.07, 6.45) is 5.34. The maximum Gasteiger partial charge on any atom is 0.333 e. The van der Waals surface area contributed by atoms with E-state index in [0.717, 1.165) is 56.2 Å². The fourth-order valence-electron chi connectivity index (χ4n) is 2.92. The lowest BCUT2D eigenvalue weighted by atomic mass is 10.1. The highest BCUT2D eigenvalue weighted by atomic mass is 32.2. The molecule has 0 atom stereocenters. The number of carbonyl (C=O) groups excluding carboxylic acids is 1. The van der Waals surface area contributed by atoms with Crippen LogP contribution >= 0.6 is 0 Å². The van der Waals surface area contributed by atoms with Crippen LogP contribution in [0.25, 0.3) is 0 Å². The number of unbranched alkanes of at least 4 members (excludes halogenated alkanes) is 2. The van der Waals surface area contributed by atoms with Crippen LogP contribution in [0, 0.1) is 0 Å². The molecular formula is C18H35NO5S. The Kier molecular flexibility index (Phi) is 12.0. The molecule has 0 fully saturated rings. The van der Waals surface area contributed by atoms with Gasteiger partial charge in [-0.2, -0.15) is 0 Å². The quantitative estimate of drug-likeness (QED) is 0.144. The highest BCUT2D eigenvalue weighted by Crippen LogP contribution is 2.16. The second kappa shape index (κ2) is 12.4. The van der Waals surface area contributed by atoms with Gasteiger partial charge < -0.3 is 13.8 Å². The summed E-state index contributed by atoms with van der Waals surface area (Å²) < 4.78 is 38.7. The molecule has 0 spiro atoms. The van der Waals surface area contributed by atoms with E-state index in [0.29, 0.717) is 25.1 Å². The number of ether oxygens (including phenoxy) is 1. The van der Waals surface area contributed by atoms with Gasteiger partial charge in [0.2, 0.25) is 0 Å². The van der Waals surface area contributed by atoms with Gasteiger partial charge in [-0.15, -0.1) is 0 Å². The van der Waals surface area contributed by atoms with E-state index >= 15 is 0 Å². The smallest absolute Gasteiger partial charge is 0.333 e.